The number of carbonyl (C=O) groups is 1. The van der Waals surface area contributed by atoms with Crippen molar-refractivity contribution in [3.8, 4) is 17.1 Å². The van der Waals surface area contributed by atoms with E-state index >= 15 is 0 Å². The molecule has 1 fully saturated rings. The fraction of sp³-hybridized carbons (Fsp3) is 0.345. The van der Waals surface area contributed by atoms with Crippen molar-refractivity contribution in [3.63, 3.8) is 0 Å². The molecule has 10 heteroatoms. The third kappa shape index (κ3) is 5.81. The van der Waals surface area contributed by atoms with Gasteiger partial charge in [-0.15, -0.1) is 0 Å². The predicted molar refractivity (Wildman–Crippen MR) is 150 cm³/mol. The minimum atomic E-state index is -0.190. The number of aromatic nitrogens is 4. The van der Waals surface area contributed by atoms with Crippen LogP contribution in [0.25, 0.3) is 22.2 Å². The first-order valence-corrected chi connectivity index (χ1v) is 13.1. The van der Waals surface area contributed by atoms with E-state index in [1.54, 1.807) is 31.8 Å². The zero-order valence-corrected chi connectivity index (χ0v) is 22.3. The quantitative estimate of drug-likeness (QED) is 0.299. The van der Waals surface area contributed by atoms with Crippen molar-refractivity contribution >= 4 is 22.6 Å². The molecule has 0 radical (unpaired) electrons. The molecule has 1 aliphatic rings. The molecule has 202 valence electrons. The first-order chi connectivity index (χ1) is 18.9. The van der Waals surface area contributed by atoms with Crippen LogP contribution in [0.2, 0.25) is 0 Å². The highest BCUT2D eigenvalue weighted by molar-refractivity contribution is 6.06. The predicted octanol–water partition coefficient (Wildman–Crippen LogP) is 3.40. The maximum Gasteiger partial charge on any atom is 0.251 e. The highest BCUT2D eigenvalue weighted by Crippen LogP contribution is 2.31. The maximum absolute atomic E-state index is 12.3. The topological polar surface area (TPSA) is 137 Å². The number of benzene rings is 1. The fourth-order valence-corrected chi connectivity index (χ4v) is 4.69. The van der Waals surface area contributed by atoms with E-state index in [0.29, 0.717) is 31.2 Å². The average Bonchev–Trinajstić information content (AvgIpc) is 3.38. The van der Waals surface area contributed by atoms with Gasteiger partial charge in [-0.2, -0.15) is 0 Å². The van der Waals surface area contributed by atoms with Gasteiger partial charge in [0.05, 0.1) is 36.0 Å². The summed E-state index contributed by atoms with van der Waals surface area (Å²) in [5.41, 5.74) is 10.2. The van der Waals surface area contributed by atoms with Crippen molar-refractivity contribution in [3.05, 3.63) is 72.3 Å². The summed E-state index contributed by atoms with van der Waals surface area (Å²) in [6.45, 7) is 6.02. The Morgan fingerprint density at radius 2 is 2.00 bits per heavy atom. The van der Waals surface area contributed by atoms with E-state index in [2.05, 4.69) is 50.5 Å². The summed E-state index contributed by atoms with van der Waals surface area (Å²) in [5, 5.41) is 7.01. The van der Waals surface area contributed by atoms with Crippen LogP contribution in [0.5, 0.6) is 5.88 Å². The molecule has 3 aromatic heterocycles. The van der Waals surface area contributed by atoms with Gasteiger partial charge >= 0.3 is 0 Å². The van der Waals surface area contributed by atoms with Crippen LogP contribution in [0.1, 0.15) is 35.7 Å². The molecule has 10 nitrogen and oxygen atoms in total. The van der Waals surface area contributed by atoms with Gasteiger partial charge in [-0.1, -0.05) is 32.0 Å². The Balaban J connectivity index is 1.25. The van der Waals surface area contributed by atoms with Crippen LogP contribution in [-0.4, -0.2) is 64.8 Å². The molecule has 0 aliphatic carbocycles. The van der Waals surface area contributed by atoms with Crippen molar-refractivity contribution in [2.45, 2.75) is 31.9 Å². The van der Waals surface area contributed by atoms with Gasteiger partial charge in [0, 0.05) is 49.1 Å². The number of nitrogens with one attached hydrogen (secondary N) is 2. The molecule has 0 saturated carbocycles. The number of fused-ring (bicyclic) bond motifs is 1. The Morgan fingerprint density at radius 3 is 2.74 bits per heavy atom. The van der Waals surface area contributed by atoms with Gasteiger partial charge in [0.25, 0.3) is 5.91 Å². The molecule has 39 heavy (non-hydrogen) atoms. The number of hydrogen-bond donors (Lipinski definition) is 3. The summed E-state index contributed by atoms with van der Waals surface area (Å²) < 4.78 is 11.2. The van der Waals surface area contributed by atoms with Crippen molar-refractivity contribution < 1.29 is 14.3 Å². The van der Waals surface area contributed by atoms with Crippen LogP contribution in [0.3, 0.4) is 0 Å². The summed E-state index contributed by atoms with van der Waals surface area (Å²) in [4.78, 5) is 30.2. The molecule has 4 N–H and O–H groups in total. The Labute approximate surface area is 227 Å². The second-order valence-electron chi connectivity index (χ2n) is 9.86. The van der Waals surface area contributed by atoms with Crippen molar-refractivity contribution in [2.24, 2.45) is 11.7 Å². The van der Waals surface area contributed by atoms with Crippen LogP contribution in [0.15, 0.2) is 61.2 Å². The fourth-order valence-electron chi connectivity index (χ4n) is 4.69. The van der Waals surface area contributed by atoms with Gasteiger partial charge < -0.3 is 25.8 Å². The van der Waals surface area contributed by atoms with Crippen LogP contribution >= 0.6 is 0 Å². The molecule has 1 aromatic carbocycles. The summed E-state index contributed by atoms with van der Waals surface area (Å²) in [6.07, 6.45) is 4.78. The molecular weight excluding hydrogens is 494 g/mol. The van der Waals surface area contributed by atoms with Gasteiger partial charge in [-0.3, -0.25) is 9.78 Å². The number of anilines is 1. The van der Waals surface area contributed by atoms with E-state index in [0.717, 1.165) is 33.5 Å². The number of nitrogens with zero attached hydrogens (tertiary/aromatic N) is 4. The van der Waals surface area contributed by atoms with Crippen LogP contribution in [-0.2, 0) is 4.74 Å². The SMILES string of the molecule is CNC(=O)c1ccnc2c([C@H](C)C(C)CNc3cc(-c4ccc(O[C@@H]5COC[C@H]5N)nc4)ncn3)cccc12. The monoisotopic (exact) mass is 527 g/mol. The average molecular weight is 528 g/mol. The van der Waals surface area contributed by atoms with E-state index in [4.69, 9.17) is 15.2 Å². The highest BCUT2D eigenvalue weighted by atomic mass is 16.6. The van der Waals surface area contributed by atoms with Gasteiger partial charge in [-0.25, -0.2) is 15.0 Å². The van der Waals surface area contributed by atoms with Gasteiger partial charge in [0.1, 0.15) is 18.2 Å². The molecular formula is C29H33N7O3. The minimum Gasteiger partial charge on any atom is -0.470 e. The molecule has 1 unspecified atom stereocenters. The summed E-state index contributed by atoms with van der Waals surface area (Å²) in [5.74, 6) is 1.55. The summed E-state index contributed by atoms with van der Waals surface area (Å²) >= 11 is 0. The first-order valence-electron chi connectivity index (χ1n) is 13.1. The number of hydrogen-bond acceptors (Lipinski definition) is 9. The standard InChI is InChI=1S/C29H33N7O3/c1-17(18(2)20-5-4-6-21-22(29(37)31-3)9-10-32-28(20)21)12-33-26-11-24(35-16-36-26)19-7-8-27(34-13-19)39-25-15-38-14-23(25)30/h4-11,13,16-18,23,25H,12,14-15,30H2,1-3H3,(H,31,37)(H,33,35,36)/t17?,18-,23-,25-/m1/s1. The number of carbonyl (C=O) groups excluding carboxylic acids is 1. The molecule has 1 aliphatic heterocycles. The van der Waals surface area contributed by atoms with Crippen LogP contribution < -0.4 is 21.1 Å². The number of amides is 1. The summed E-state index contributed by atoms with van der Waals surface area (Å²) in [6, 6.07) is 13.3. The maximum atomic E-state index is 12.3. The van der Waals surface area contributed by atoms with E-state index in [1.807, 2.05) is 30.3 Å². The van der Waals surface area contributed by atoms with Crippen molar-refractivity contribution in [1.29, 1.82) is 0 Å². The largest absolute Gasteiger partial charge is 0.470 e. The molecule has 0 bridgehead atoms. The first kappa shape index (κ1) is 26.5. The van der Waals surface area contributed by atoms with Gasteiger partial charge in [-0.05, 0) is 29.5 Å². The Kier molecular flexibility index (Phi) is 7.94. The molecule has 0 spiro atoms. The van der Waals surface area contributed by atoms with Crippen molar-refractivity contribution in [1.82, 2.24) is 25.3 Å². The second-order valence-corrected chi connectivity index (χ2v) is 9.86. The molecule has 1 saturated heterocycles. The number of nitrogens with two attached hydrogens (primary N) is 1. The third-order valence-electron chi connectivity index (χ3n) is 7.26. The van der Waals surface area contributed by atoms with E-state index in [1.165, 1.54) is 0 Å². The lowest BCUT2D eigenvalue weighted by molar-refractivity contribution is 0.0964. The van der Waals surface area contributed by atoms with Gasteiger partial charge in [0.2, 0.25) is 5.88 Å². The third-order valence-corrected chi connectivity index (χ3v) is 7.26. The lowest BCUT2D eigenvalue weighted by Crippen LogP contribution is -2.37. The highest BCUT2D eigenvalue weighted by Gasteiger charge is 2.27. The lowest BCUT2D eigenvalue weighted by atomic mass is 9.87. The van der Waals surface area contributed by atoms with Crippen LogP contribution in [0.4, 0.5) is 5.82 Å². The Morgan fingerprint density at radius 1 is 1.13 bits per heavy atom. The van der Waals surface area contributed by atoms with E-state index in [-0.39, 0.29) is 29.9 Å². The molecule has 4 atom stereocenters. The van der Waals surface area contributed by atoms with Gasteiger partial charge in [0.15, 0.2) is 0 Å². The number of ether oxygens (including phenoxy) is 2. The molecule has 5 rings (SSSR count). The van der Waals surface area contributed by atoms with Crippen molar-refractivity contribution in [2.75, 3.05) is 32.1 Å². The zero-order chi connectivity index (χ0) is 27.4. The van der Waals surface area contributed by atoms with Crippen LogP contribution in [0, 0.1) is 5.92 Å². The Bertz CT molecular complexity index is 1450. The normalized spacial score (nSPS) is 18.5. The summed E-state index contributed by atoms with van der Waals surface area (Å²) in [7, 11) is 1.64. The number of para-hydroxylation sites is 1. The minimum absolute atomic E-state index is 0.119. The lowest BCUT2D eigenvalue weighted by Gasteiger charge is -2.22. The molecule has 1 amide bonds. The molecule has 4 aromatic rings. The number of pyridine rings is 2. The second kappa shape index (κ2) is 11.7. The molecule has 4 heterocycles. The smallest absolute Gasteiger partial charge is 0.251 e. The van der Waals surface area contributed by atoms with E-state index < -0.39 is 0 Å². The van der Waals surface area contributed by atoms with E-state index in [9.17, 15) is 4.79 Å². The Hall–Kier alpha value is -4.15. The zero-order valence-electron chi connectivity index (χ0n) is 22.3. The number of rotatable bonds is 9.